The first-order valence-corrected chi connectivity index (χ1v) is 7.81. The maximum absolute atomic E-state index is 10.0. The number of phenols is 1. The van der Waals surface area contributed by atoms with Crippen LogP contribution in [0.4, 0.5) is 11.4 Å². The molecule has 5 heteroatoms. The zero-order chi connectivity index (χ0) is 14.8. The molecule has 0 radical (unpaired) electrons. The average Bonchev–Trinajstić information content (AvgIpc) is 2.49. The van der Waals surface area contributed by atoms with Crippen LogP contribution in [0.15, 0.2) is 73.8 Å². The van der Waals surface area contributed by atoms with E-state index in [1.807, 2.05) is 48.5 Å². The number of rotatable bonds is 2. The van der Waals surface area contributed by atoms with Gasteiger partial charge in [0, 0.05) is 14.3 Å². The first-order chi connectivity index (χ1) is 10.1. The molecule has 21 heavy (non-hydrogen) atoms. The Labute approximate surface area is 138 Å². The Bertz CT molecular complexity index is 847. The van der Waals surface area contributed by atoms with Crippen LogP contribution >= 0.6 is 31.9 Å². The summed E-state index contributed by atoms with van der Waals surface area (Å²) >= 11 is 6.84. The molecule has 0 fully saturated rings. The smallest absolute Gasteiger partial charge is 0.143 e. The van der Waals surface area contributed by atoms with Gasteiger partial charge in [0.25, 0.3) is 0 Å². The van der Waals surface area contributed by atoms with E-state index in [9.17, 15) is 5.11 Å². The molecule has 0 aromatic heterocycles. The largest absolute Gasteiger partial charge is 0.506 e. The summed E-state index contributed by atoms with van der Waals surface area (Å²) in [5.74, 6) is 0.114. The van der Waals surface area contributed by atoms with Crippen LogP contribution in [0.5, 0.6) is 5.75 Å². The SMILES string of the molecule is Oc1ccc2ccccc2c1/N=N/c1cc(Br)ccc1Br. The third-order valence-corrected chi connectivity index (χ3v) is 4.21. The molecule has 0 aliphatic heterocycles. The van der Waals surface area contributed by atoms with Gasteiger partial charge in [0.05, 0.1) is 0 Å². The fraction of sp³-hybridized carbons (Fsp3) is 0. The van der Waals surface area contributed by atoms with Gasteiger partial charge < -0.3 is 5.11 Å². The molecule has 104 valence electrons. The second-order valence-corrected chi connectivity index (χ2v) is 6.22. The molecule has 0 saturated carbocycles. The minimum atomic E-state index is 0.114. The highest BCUT2D eigenvalue weighted by Gasteiger charge is 2.06. The van der Waals surface area contributed by atoms with E-state index in [1.165, 1.54) is 0 Å². The number of azo groups is 1. The second-order valence-electron chi connectivity index (χ2n) is 4.45. The Hall–Kier alpha value is -1.72. The predicted molar refractivity (Wildman–Crippen MR) is 91.6 cm³/mol. The lowest BCUT2D eigenvalue weighted by Crippen LogP contribution is -1.75. The topological polar surface area (TPSA) is 45.0 Å². The van der Waals surface area contributed by atoms with Crippen LogP contribution in [-0.4, -0.2) is 5.11 Å². The van der Waals surface area contributed by atoms with Gasteiger partial charge in [0.1, 0.15) is 17.1 Å². The Morgan fingerprint density at radius 1 is 0.857 bits per heavy atom. The van der Waals surface area contributed by atoms with Crippen molar-refractivity contribution < 1.29 is 5.11 Å². The third-order valence-electron chi connectivity index (χ3n) is 3.05. The van der Waals surface area contributed by atoms with E-state index in [0.29, 0.717) is 11.4 Å². The van der Waals surface area contributed by atoms with Gasteiger partial charge in [-0.3, -0.25) is 0 Å². The van der Waals surface area contributed by atoms with Gasteiger partial charge in [0.15, 0.2) is 0 Å². The average molecular weight is 406 g/mol. The Balaban J connectivity index is 2.11. The van der Waals surface area contributed by atoms with Crippen molar-refractivity contribution in [2.24, 2.45) is 10.2 Å². The van der Waals surface area contributed by atoms with E-state index in [0.717, 1.165) is 19.7 Å². The summed E-state index contributed by atoms with van der Waals surface area (Å²) in [4.78, 5) is 0. The summed E-state index contributed by atoms with van der Waals surface area (Å²) in [6.45, 7) is 0. The molecule has 0 saturated heterocycles. The highest BCUT2D eigenvalue weighted by atomic mass is 79.9. The van der Waals surface area contributed by atoms with Gasteiger partial charge in [-0.1, -0.05) is 46.3 Å². The summed E-state index contributed by atoms with van der Waals surface area (Å²) in [6.07, 6.45) is 0. The van der Waals surface area contributed by atoms with E-state index in [1.54, 1.807) is 6.07 Å². The quantitative estimate of drug-likeness (QED) is 0.486. The summed E-state index contributed by atoms with van der Waals surface area (Å²) in [7, 11) is 0. The molecule has 3 nitrogen and oxygen atoms in total. The molecule has 0 aliphatic carbocycles. The van der Waals surface area contributed by atoms with E-state index in [4.69, 9.17) is 0 Å². The van der Waals surface area contributed by atoms with Crippen molar-refractivity contribution in [2.75, 3.05) is 0 Å². The summed E-state index contributed by atoms with van der Waals surface area (Å²) in [6, 6.07) is 16.9. The fourth-order valence-electron chi connectivity index (χ4n) is 2.02. The molecule has 0 unspecified atom stereocenters. The van der Waals surface area contributed by atoms with Crippen molar-refractivity contribution in [1.29, 1.82) is 0 Å². The Kier molecular flexibility index (Phi) is 4.03. The normalized spacial score (nSPS) is 11.3. The molecule has 0 bridgehead atoms. The van der Waals surface area contributed by atoms with Crippen LogP contribution in [0.1, 0.15) is 0 Å². The van der Waals surface area contributed by atoms with Crippen LogP contribution in [-0.2, 0) is 0 Å². The first-order valence-electron chi connectivity index (χ1n) is 6.22. The van der Waals surface area contributed by atoms with Crippen molar-refractivity contribution in [3.63, 3.8) is 0 Å². The van der Waals surface area contributed by atoms with E-state index in [2.05, 4.69) is 42.1 Å². The summed E-state index contributed by atoms with van der Waals surface area (Å²) < 4.78 is 1.76. The minimum absolute atomic E-state index is 0.114. The van der Waals surface area contributed by atoms with Crippen molar-refractivity contribution in [1.82, 2.24) is 0 Å². The number of hydrogen-bond donors (Lipinski definition) is 1. The van der Waals surface area contributed by atoms with Gasteiger partial charge in [-0.25, -0.2) is 0 Å². The lowest BCUT2D eigenvalue weighted by atomic mass is 10.1. The van der Waals surface area contributed by atoms with E-state index < -0.39 is 0 Å². The molecule has 0 aliphatic rings. The molecule has 1 N–H and O–H groups in total. The number of fused-ring (bicyclic) bond motifs is 1. The molecule has 3 rings (SSSR count). The molecule has 0 spiro atoms. The lowest BCUT2D eigenvalue weighted by molar-refractivity contribution is 0.477. The molecule has 0 amide bonds. The van der Waals surface area contributed by atoms with Crippen molar-refractivity contribution in [3.05, 3.63) is 63.5 Å². The van der Waals surface area contributed by atoms with Gasteiger partial charge in [0.2, 0.25) is 0 Å². The number of phenolic OH excluding ortho intramolecular Hbond substituents is 1. The molecular formula is C16H10Br2N2O. The highest BCUT2D eigenvalue weighted by Crippen LogP contribution is 2.37. The predicted octanol–water partition coefficient (Wildman–Crippen LogP) is 6.49. The van der Waals surface area contributed by atoms with Crippen molar-refractivity contribution in [2.45, 2.75) is 0 Å². The Morgan fingerprint density at radius 2 is 1.67 bits per heavy atom. The van der Waals surface area contributed by atoms with E-state index >= 15 is 0 Å². The van der Waals surface area contributed by atoms with Crippen LogP contribution in [0.2, 0.25) is 0 Å². The zero-order valence-electron chi connectivity index (χ0n) is 10.8. The number of benzene rings is 3. The molecule has 3 aromatic carbocycles. The summed E-state index contributed by atoms with van der Waals surface area (Å²) in [5, 5.41) is 20.4. The number of halogens is 2. The number of nitrogens with zero attached hydrogens (tertiary/aromatic N) is 2. The number of hydrogen-bond acceptors (Lipinski definition) is 3. The van der Waals surface area contributed by atoms with Crippen LogP contribution < -0.4 is 0 Å². The Morgan fingerprint density at radius 3 is 2.52 bits per heavy atom. The van der Waals surface area contributed by atoms with Crippen molar-refractivity contribution in [3.8, 4) is 5.75 Å². The second kappa shape index (κ2) is 5.95. The fourth-order valence-corrected chi connectivity index (χ4v) is 2.69. The summed E-state index contributed by atoms with van der Waals surface area (Å²) in [5.41, 5.74) is 1.16. The standard InChI is InChI=1S/C16H10Br2N2O/c17-11-6-7-13(18)14(9-11)19-20-16-12-4-2-1-3-10(12)5-8-15(16)21/h1-9,21H/b20-19+. The highest BCUT2D eigenvalue weighted by molar-refractivity contribution is 9.11. The van der Waals surface area contributed by atoms with Gasteiger partial charge >= 0.3 is 0 Å². The van der Waals surface area contributed by atoms with Crippen molar-refractivity contribution >= 4 is 54.0 Å². The van der Waals surface area contributed by atoms with Gasteiger partial charge in [-0.15, -0.1) is 10.2 Å². The maximum Gasteiger partial charge on any atom is 0.143 e. The van der Waals surface area contributed by atoms with Crippen LogP contribution in [0.3, 0.4) is 0 Å². The molecule has 0 atom stereocenters. The third kappa shape index (κ3) is 2.99. The zero-order valence-corrected chi connectivity index (χ0v) is 14.0. The molecular weight excluding hydrogens is 396 g/mol. The van der Waals surface area contributed by atoms with E-state index in [-0.39, 0.29) is 5.75 Å². The monoisotopic (exact) mass is 404 g/mol. The van der Waals surface area contributed by atoms with Gasteiger partial charge in [-0.05, 0) is 45.6 Å². The van der Waals surface area contributed by atoms with Crippen LogP contribution in [0, 0.1) is 0 Å². The minimum Gasteiger partial charge on any atom is -0.506 e. The lowest BCUT2D eigenvalue weighted by Gasteiger charge is -2.04. The molecule has 3 aromatic rings. The van der Waals surface area contributed by atoms with Crippen LogP contribution in [0.25, 0.3) is 10.8 Å². The number of aromatic hydroxyl groups is 1. The maximum atomic E-state index is 10.0. The van der Waals surface area contributed by atoms with Gasteiger partial charge in [-0.2, -0.15) is 0 Å². The molecule has 0 heterocycles. The first kappa shape index (κ1) is 14.2.